The molecule has 19 heavy (non-hydrogen) atoms. The molecule has 1 fully saturated rings. The van der Waals surface area contributed by atoms with E-state index in [0.717, 1.165) is 6.54 Å². The van der Waals surface area contributed by atoms with Crippen molar-refractivity contribution in [3.63, 3.8) is 0 Å². The maximum atomic E-state index is 13.1. The predicted molar refractivity (Wildman–Crippen MR) is 67.8 cm³/mol. The highest BCUT2D eigenvalue weighted by atomic mass is 19.4. The molecule has 0 amide bonds. The first-order valence-electron chi connectivity index (χ1n) is 6.79. The number of alkyl halides is 3. The fourth-order valence-electron chi connectivity index (χ4n) is 2.58. The highest BCUT2D eigenvalue weighted by Crippen LogP contribution is 2.28. The van der Waals surface area contributed by atoms with Crippen LogP contribution >= 0.6 is 0 Å². The van der Waals surface area contributed by atoms with Crippen LogP contribution in [0.3, 0.4) is 0 Å². The van der Waals surface area contributed by atoms with Crippen molar-refractivity contribution in [3.8, 4) is 0 Å². The van der Waals surface area contributed by atoms with Gasteiger partial charge in [-0.2, -0.15) is 13.2 Å². The average Bonchev–Trinajstić information content (AvgIpc) is 2.54. The minimum atomic E-state index is -4.29. The zero-order chi connectivity index (χ0) is 14.5. The molecule has 2 atom stereocenters. The Balaban J connectivity index is 2.69. The number of hydrogen-bond acceptors (Lipinski definition) is 4. The summed E-state index contributed by atoms with van der Waals surface area (Å²) in [5.41, 5.74) is 5.66. The lowest BCUT2D eigenvalue weighted by Gasteiger charge is -2.35. The molecule has 3 N–H and O–H groups in total. The van der Waals surface area contributed by atoms with Gasteiger partial charge < -0.3 is 10.8 Å². The summed E-state index contributed by atoms with van der Waals surface area (Å²) in [4.78, 5) is 3.44. The van der Waals surface area contributed by atoms with E-state index in [2.05, 4.69) is 0 Å². The topological polar surface area (TPSA) is 52.7 Å². The Hall–Kier alpha value is -0.370. The molecule has 1 aliphatic rings. The zero-order valence-corrected chi connectivity index (χ0v) is 11.4. The molecule has 0 saturated carbocycles. The van der Waals surface area contributed by atoms with E-state index >= 15 is 0 Å². The number of aliphatic hydroxyl groups excluding tert-OH is 1. The van der Waals surface area contributed by atoms with E-state index in [1.807, 2.05) is 4.90 Å². The van der Waals surface area contributed by atoms with Crippen LogP contribution < -0.4 is 5.73 Å². The van der Waals surface area contributed by atoms with Crippen molar-refractivity contribution >= 4 is 0 Å². The molecule has 0 bridgehead atoms. The number of rotatable bonds is 5. The SMILES string of the molecule is CCC(N)C(N1CCCN(CCO)CC1)C(F)(F)F. The molecule has 0 aliphatic carbocycles. The van der Waals surface area contributed by atoms with Gasteiger partial charge in [0.25, 0.3) is 0 Å². The summed E-state index contributed by atoms with van der Waals surface area (Å²) in [7, 11) is 0. The number of aliphatic hydroxyl groups is 1. The van der Waals surface area contributed by atoms with E-state index in [9.17, 15) is 13.2 Å². The minimum absolute atomic E-state index is 0.0389. The van der Waals surface area contributed by atoms with E-state index in [4.69, 9.17) is 10.8 Å². The number of hydrogen-bond donors (Lipinski definition) is 2. The van der Waals surface area contributed by atoms with Crippen LogP contribution in [0.15, 0.2) is 0 Å². The summed E-state index contributed by atoms with van der Waals surface area (Å²) >= 11 is 0. The minimum Gasteiger partial charge on any atom is -0.395 e. The van der Waals surface area contributed by atoms with Crippen molar-refractivity contribution in [2.24, 2.45) is 5.73 Å². The molecule has 7 heteroatoms. The van der Waals surface area contributed by atoms with Crippen molar-refractivity contribution in [2.45, 2.75) is 38.0 Å². The second kappa shape index (κ2) is 7.42. The summed E-state index contributed by atoms with van der Waals surface area (Å²) < 4.78 is 39.4. The summed E-state index contributed by atoms with van der Waals surface area (Å²) in [5.74, 6) is 0. The Kier molecular flexibility index (Phi) is 6.52. The molecule has 1 aliphatic heterocycles. The van der Waals surface area contributed by atoms with Gasteiger partial charge in [-0.3, -0.25) is 9.80 Å². The molecule has 0 aromatic heterocycles. The van der Waals surface area contributed by atoms with Gasteiger partial charge in [-0.1, -0.05) is 6.92 Å². The lowest BCUT2D eigenvalue weighted by molar-refractivity contribution is -0.189. The van der Waals surface area contributed by atoms with Crippen molar-refractivity contribution in [1.82, 2.24) is 9.80 Å². The van der Waals surface area contributed by atoms with Crippen LogP contribution in [0.4, 0.5) is 13.2 Å². The first-order chi connectivity index (χ1) is 8.90. The van der Waals surface area contributed by atoms with E-state index in [1.165, 1.54) is 4.90 Å². The molecular formula is C12H24F3N3O. The molecular weight excluding hydrogens is 259 g/mol. The average molecular weight is 283 g/mol. The van der Waals surface area contributed by atoms with Gasteiger partial charge in [-0.05, 0) is 19.4 Å². The van der Waals surface area contributed by atoms with Gasteiger partial charge in [0.1, 0.15) is 6.04 Å². The third-order valence-electron chi connectivity index (χ3n) is 3.65. The van der Waals surface area contributed by atoms with Crippen molar-refractivity contribution in [1.29, 1.82) is 0 Å². The normalized spacial score (nSPS) is 23.1. The second-order valence-electron chi connectivity index (χ2n) is 5.01. The quantitative estimate of drug-likeness (QED) is 0.778. The number of nitrogens with two attached hydrogens (primary N) is 1. The van der Waals surface area contributed by atoms with Crippen LogP contribution in [0, 0.1) is 0 Å². The van der Waals surface area contributed by atoms with E-state index in [1.54, 1.807) is 6.92 Å². The molecule has 2 unspecified atom stereocenters. The Morgan fingerprint density at radius 2 is 1.89 bits per heavy atom. The summed E-state index contributed by atoms with van der Waals surface area (Å²) in [6.07, 6.45) is -3.31. The van der Waals surface area contributed by atoms with Crippen molar-refractivity contribution < 1.29 is 18.3 Å². The van der Waals surface area contributed by atoms with Gasteiger partial charge in [-0.25, -0.2) is 0 Å². The Bertz CT molecular complexity index is 263. The number of halogens is 3. The van der Waals surface area contributed by atoms with Crippen LogP contribution in [0.1, 0.15) is 19.8 Å². The van der Waals surface area contributed by atoms with Gasteiger partial charge in [0.05, 0.1) is 6.61 Å². The molecule has 114 valence electrons. The smallest absolute Gasteiger partial charge is 0.395 e. The van der Waals surface area contributed by atoms with Gasteiger partial charge in [0.15, 0.2) is 0 Å². The third kappa shape index (κ3) is 4.91. The van der Waals surface area contributed by atoms with E-state index in [0.29, 0.717) is 39.0 Å². The molecule has 1 heterocycles. The third-order valence-corrected chi connectivity index (χ3v) is 3.65. The van der Waals surface area contributed by atoms with Crippen LogP contribution in [0.25, 0.3) is 0 Å². The molecule has 1 rings (SSSR count). The summed E-state index contributed by atoms with van der Waals surface area (Å²) in [6, 6.07) is -2.45. The largest absolute Gasteiger partial charge is 0.405 e. The lowest BCUT2D eigenvalue weighted by Crippen LogP contribution is -2.56. The number of nitrogens with zero attached hydrogens (tertiary/aromatic N) is 2. The van der Waals surface area contributed by atoms with Crippen LogP contribution in [0.5, 0.6) is 0 Å². The van der Waals surface area contributed by atoms with Gasteiger partial charge in [-0.15, -0.1) is 0 Å². The fraction of sp³-hybridized carbons (Fsp3) is 1.00. The first kappa shape index (κ1) is 16.7. The highest BCUT2D eigenvalue weighted by molar-refractivity contribution is 4.89. The second-order valence-corrected chi connectivity index (χ2v) is 5.01. The first-order valence-corrected chi connectivity index (χ1v) is 6.79. The highest BCUT2D eigenvalue weighted by Gasteiger charge is 2.46. The molecule has 0 aromatic rings. The monoisotopic (exact) mass is 283 g/mol. The molecule has 0 aromatic carbocycles. The standard InChI is InChI=1S/C12H24F3N3O/c1-2-10(16)11(12(13,14)15)18-5-3-4-17(6-7-18)8-9-19/h10-11,19H,2-9,16H2,1H3. The molecule has 0 spiro atoms. The summed E-state index contributed by atoms with van der Waals surface area (Å²) in [6.45, 7) is 4.26. The Labute approximate surface area is 112 Å². The van der Waals surface area contributed by atoms with E-state index < -0.39 is 18.3 Å². The Morgan fingerprint density at radius 3 is 2.42 bits per heavy atom. The fourth-order valence-corrected chi connectivity index (χ4v) is 2.58. The predicted octanol–water partition coefficient (Wildman–Crippen LogP) is 0.655. The van der Waals surface area contributed by atoms with Gasteiger partial charge >= 0.3 is 6.18 Å². The van der Waals surface area contributed by atoms with Gasteiger partial charge in [0, 0.05) is 32.2 Å². The maximum absolute atomic E-state index is 13.1. The van der Waals surface area contributed by atoms with Crippen molar-refractivity contribution in [2.75, 3.05) is 39.3 Å². The molecule has 1 saturated heterocycles. The van der Waals surface area contributed by atoms with Crippen molar-refractivity contribution in [3.05, 3.63) is 0 Å². The van der Waals surface area contributed by atoms with Crippen LogP contribution in [-0.4, -0.2) is 72.5 Å². The lowest BCUT2D eigenvalue weighted by atomic mass is 10.0. The molecule has 0 radical (unpaired) electrons. The number of β-amino-alcohol motifs (C(OH)–C–C–N with tert-alkyl or cyclic N) is 1. The molecule has 4 nitrogen and oxygen atoms in total. The van der Waals surface area contributed by atoms with Gasteiger partial charge in [0.2, 0.25) is 0 Å². The van der Waals surface area contributed by atoms with E-state index in [-0.39, 0.29) is 6.61 Å². The van der Waals surface area contributed by atoms with Crippen LogP contribution in [0.2, 0.25) is 0 Å². The summed E-state index contributed by atoms with van der Waals surface area (Å²) in [5, 5.41) is 8.89. The Morgan fingerprint density at radius 1 is 1.21 bits per heavy atom. The maximum Gasteiger partial charge on any atom is 0.405 e. The van der Waals surface area contributed by atoms with Crippen LogP contribution in [-0.2, 0) is 0 Å². The zero-order valence-electron chi connectivity index (χ0n) is 11.4.